The van der Waals surface area contributed by atoms with Crippen LogP contribution in [0.4, 0.5) is 0 Å². The van der Waals surface area contributed by atoms with Crippen LogP contribution in [0.15, 0.2) is 94.2 Å². The summed E-state index contributed by atoms with van der Waals surface area (Å²) in [6.45, 7) is 0. The normalized spacial score (nSPS) is 10.9. The molecule has 0 aliphatic rings. The number of aromatic amines is 1. The average molecular weight is 462 g/mol. The van der Waals surface area contributed by atoms with Crippen LogP contribution >= 0.6 is 33.8 Å². The number of rotatable bonds is 4. The Bertz CT molecular complexity index is 1210. The third-order valence-corrected chi connectivity index (χ3v) is 7.15. The lowest BCUT2D eigenvalue weighted by atomic mass is 10.2. The molecular weight excluding hydrogens is 446 g/mol. The summed E-state index contributed by atoms with van der Waals surface area (Å²) in [6.07, 6.45) is 4.78. The average Bonchev–Trinajstić information content (AvgIpc) is 2.74. The maximum absolute atomic E-state index is 11.0. The van der Waals surface area contributed by atoms with Gasteiger partial charge < -0.3 is 4.98 Å². The smallest absolute Gasteiger partial charge is 0.297 e. The number of pyridine rings is 3. The quantitative estimate of drug-likeness (QED) is 0.236. The van der Waals surface area contributed by atoms with E-state index in [1.54, 1.807) is 58.2 Å². The fraction of sp³-hybridized carbons (Fsp3) is 0. The zero-order valence-electron chi connectivity index (χ0n) is 14.8. The minimum atomic E-state index is -4.26. The summed E-state index contributed by atoms with van der Waals surface area (Å²) in [4.78, 5) is 10.9. The van der Waals surface area contributed by atoms with Crippen LogP contribution in [-0.2, 0) is 10.1 Å². The molecule has 0 saturated heterocycles. The van der Waals surface area contributed by atoms with Gasteiger partial charge in [-0.2, -0.15) is 8.42 Å². The number of para-hydroxylation sites is 1. The van der Waals surface area contributed by atoms with E-state index in [0.29, 0.717) is 5.39 Å². The van der Waals surface area contributed by atoms with E-state index in [9.17, 15) is 8.42 Å². The molecule has 0 spiro atoms. The highest BCUT2D eigenvalue weighted by molar-refractivity contribution is 8.76. The van der Waals surface area contributed by atoms with E-state index < -0.39 is 10.1 Å². The van der Waals surface area contributed by atoms with E-state index in [1.807, 2.05) is 36.4 Å². The molecule has 4 aromatic rings. The van der Waals surface area contributed by atoms with Crippen molar-refractivity contribution in [3.05, 3.63) is 83.8 Å². The van der Waals surface area contributed by atoms with E-state index in [-0.39, 0.29) is 9.41 Å². The highest BCUT2D eigenvalue weighted by Gasteiger charge is 2.13. The minimum Gasteiger partial charge on any atom is -0.360 e. The Hall–Kier alpha value is -2.24. The van der Waals surface area contributed by atoms with Crippen molar-refractivity contribution in [3.8, 4) is 0 Å². The first kappa shape index (κ1) is 21.5. The standard InChI is InChI=1S/C10H8N2S2.C9H7NO3S2/c1-3-7-11-9(5-1)13-14-10-6-2-4-8-12-10;11-15(12,13)8-5-10-7-4-2-1-3-6(7)9(8)14/h1-8H;1-5H,(H,10,14)(H,11,12,13). The highest BCUT2D eigenvalue weighted by Crippen LogP contribution is 2.34. The van der Waals surface area contributed by atoms with Gasteiger partial charge in [-0.25, -0.2) is 9.97 Å². The number of hydrogen-bond acceptors (Lipinski definition) is 7. The Kier molecular flexibility index (Phi) is 7.40. The van der Waals surface area contributed by atoms with Crippen molar-refractivity contribution in [1.29, 1.82) is 0 Å². The van der Waals surface area contributed by atoms with Gasteiger partial charge in [-0.15, -0.1) is 0 Å². The van der Waals surface area contributed by atoms with Gasteiger partial charge in [0.15, 0.2) is 0 Å². The van der Waals surface area contributed by atoms with E-state index in [4.69, 9.17) is 16.8 Å². The third kappa shape index (κ3) is 6.12. The zero-order chi connectivity index (χ0) is 20.7. The molecule has 4 rings (SSSR count). The maximum atomic E-state index is 11.0. The topological polar surface area (TPSA) is 95.9 Å². The SMILES string of the molecule is O=S(=O)(O)c1c[nH]c2ccccc2c1=S.c1ccc(SSc2ccccn2)nc1. The predicted octanol–water partition coefficient (Wildman–Crippen LogP) is 5.42. The number of benzene rings is 1. The molecule has 1 aromatic carbocycles. The van der Waals surface area contributed by atoms with Crippen LogP contribution in [0.3, 0.4) is 0 Å². The van der Waals surface area contributed by atoms with Gasteiger partial charge in [0, 0.05) is 29.5 Å². The second-order valence-corrected chi connectivity index (χ2v) is 9.47. The molecule has 0 fully saturated rings. The molecule has 3 heterocycles. The largest absolute Gasteiger partial charge is 0.360 e. The zero-order valence-corrected chi connectivity index (χ0v) is 18.1. The second kappa shape index (κ2) is 9.99. The first-order valence-electron chi connectivity index (χ1n) is 8.19. The van der Waals surface area contributed by atoms with Crippen LogP contribution < -0.4 is 0 Å². The number of nitrogens with one attached hydrogen (secondary N) is 1. The van der Waals surface area contributed by atoms with Gasteiger partial charge in [-0.05, 0) is 51.9 Å². The van der Waals surface area contributed by atoms with Crippen LogP contribution in [0, 0.1) is 4.51 Å². The summed E-state index contributed by atoms with van der Waals surface area (Å²) in [6, 6.07) is 18.8. The number of aromatic nitrogens is 3. The van der Waals surface area contributed by atoms with Crippen molar-refractivity contribution in [3.63, 3.8) is 0 Å². The maximum Gasteiger partial charge on any atom is 0.297 e. The molecule has 10 heteroatoms. The van der Waals surface area contributed by atoms with Crippen molar-refractivity contribution in [1.82, 2.24) is 15.0 Å². The Balaban J connectivity index is 0.000000166. The van der Waals surface area contributed by atoms with Crippen molar-refractivity contribution in [2.75, 3.05) is 0 Å². The molecule has 29 heavy (non-hydrogen) atoms. The monoisotopic (exact) mass is 461 g/mol. The molecule has 2 N–H and O–H groups in total. The first-order chi connectivity index (χ1) is 13.9. The van der Waals surface area contributed by atoms with Gasteiger partial charge in [0.2, 0.25) is 0 Å². The molecule has 0 bridgehead atoms. The first-order valence-corrected chi connectivity index (χ1v) is 12.2. The molecule has 148 valence electrons. The molecule has 0 aliphatic carbocycles. The second-order valence-electron chi connectivity index (χ2n) is 5.51. The summed E-state index contributed by atoms with van der Waals surface area (Å²) in [7, 11) is -1.03. The number of hydrogen-bond donors (Lipinski definition) is 2. The summed E-state index contributed by atoms with van der Waals surface area (Å²) in [5, 5.41) is 2.61. The third-order valence-electron chi connectivity index (χ3n) is 3.52. The van der Waals surface area contributed by atoms with Gasteiger partial charge >= 0.3 is 0 Å². The van der Waals surface area contributed by atoms with E-state index in [2.05, 4.69) is 15.0 Å². The molecule has 0 radical (unpaired) electrons. The lowest BCUT2D eigenvalue weighted by molar-refractivity contribution is 0.482. The Labute approximate surface area is 181 Å². The predicted molar refractivity (Wildman–Crippen MR) is 119 cm³/mol. The Morgan fingerprint density at radius 3 is 1.93 bits per heavy atom. The van der Waals surface area contributed by atoms with Crippen molar-refractivity contribution >= 4 is 54.8 Å². The van der Waals surface area contributed by atoms with Crippen molar-refractivity contribution in [2.45, 2.75) is 14.9 Å². The van der Waals surface area contributed by atoms with Crippen LogP contribution in [0.1, 0.15) is 0 Å². The lowest BCUT2D eigenvalue weighted by Crippen LogP contribution is -2.00. The minimum absolute atomic E-state index is 0.131. The lowest BCUT2D eigenvalue weighted by Gasteiger charge is -2.01. The van der Waals surface area contributed by atoms with Crippen molar-refractivity contribution in [2.24, 2.45) is 0 Å². The van der Waals surface area contributed by atoms with E-state index >= 15 is 0 Å². The van der Waals surface area contributed by atoms with Gasteiger partial charge in [0.1, 0.15) is 14.9 Å². The van der Waals surface area contributed by atoms with Crippen LogP contribution in [0.25, 0.3) is 10.9 Å². The summed E-state index contributed by atoms with van der Waals surface area (Å²) in [5.41, 5.74) is 0.731. The molecule has 3 aromatic heterocycles. The summed E-state index contributed by atoms with van der Waals surface area (Å²) < 4.78 is 31.0. The molecule has 0 saturated carbocycles. The Morgan fingerprint density at radius 1 is 0.862 bits per heavy atom. The fourth-order valence-electron chi connectivity index (χ4n) is 2.22. The number of fused-ring (bicyclic) bond motifs is 1. The number of H-pyrrole nitrogens is 1. The van der Waals surface area contributed by atoms with Gasteiger partial charge in [0.05, 0.1) is 4.51 Å². The van der Waals surface area contributed by atoms with Crippen LogP contribution in [0.5, 0.6) is 0 Å². The molecular formula is C19H15N3O3S4. The molecule has 6 nitrogen and oxygen atoms in total. The fourth-order valence-corrected chi connectivity index (χ4v) is 5.07. The van der Waals surface area contributed by atoms with E-state index in [0.717, 1.165) is 15.6 Å². The van der Waals surface area contributed by atoms with Crippen LogP contribution in [0.2, 0.25) is 0 Å². The van der Waals surface area contributed by atoms with Gasteiger partial charge in [-0.3, -0.25) is 4.55 Å². The van der Waals surface area contributed by atoms with E-state index in [1.165, 1.54) is 6.20 Å². The Morgan fingerprint density at radius 2 is 1.41 bits per heavy atom. The van der Waals surface area contributed by atoms with Gasteiger partial charge in [-0.1, -0.05) is 42.5 Å². The summed E-state index contributed by atoms with van der Waals surface area (Å²) in [5.74, 6) is 0. The van der Waals surface area contributed by atoms with Gasteiger partial charge in [0.25, 0.3) is 10.1 Å². The van der Waals surface area contributed by atoms with Crippen molar-refractivity contribution < 1.29 is 13.0 Å². The number of nitrogens with zero attached hydrogens (tertiary/aromatic N) is 2. The van der Waals surface area contributed by atoms with Crippen LogP contribution in [-0.4, -0.2) is 27.9 Å². The highest BCUT2D eigenvalue weighted by atomic mass is 33.1. The molecule has 0 aliphatic heterocycles. The molecule has 0 unspecified atom stereocenters. The summed E-state index contributed by atoms with van der Waals surface area (Å²) >= 11 is 4.98. The molecule has 0 amide bonds. The molecule has 0 atom stereocenters.